The highest BCUT2D eigenvalue weighted by molar-refractivity contribution is 7.99. The molecule has 1 aromatic rings. The Balaban J connectivity index is 2.14. The Bertz CT molecular complexity index is 610. The smallest absolute Gasteiger partial charge is 0.279 e. The largest absolute Gasteiger partial charge is 0.349 e. The molecule has 6 heteroatoms. The highest BCUT2D eigenvalue weighted by atomic mass is 32.2. The van der Waals surface area contributed by atoms with E-state index in [1.165, 1.54) is 11.1 Å². The van der Waals surface area contributed by atoms with Crippen LogP contribution in [-0.2, 0) is 7.05 Å². The van der Waals surface area contributed by atoms with E-state index in [4.69, 9.17) is 0 Å². The van der Waals surface area contributed by atoms with Crippen LogP contribution in [0.2, 0.25) is 0 Å². The summed E-state index contributed by atoms with van der Waals surface area (Å²) in [4.78, 5) is 24.8. The molecule has 0 unspecified atom stereocenters. The minimum Gasteiger partial charge on any atom is -0.349 e. The fraction of sp³-hybridized carbons (Fsp3) is 0.688. The summed E-state index contributed by atoms with van der Waals surface area (Å²) in [5.41, 5.74) is 1.31. The zero-order valence-electron chi connectivity index (χ0n) is 13.8. The molecule has 1 aliphatic rings. The van der Waals surface area contributed by atoms with Gasteiger partial charge in [0.2, 0.25) is 0 Å². The minimum absolute atomic E-state index is 0.169. The Kier molecular flexibility index (Phi) is 5.67. The van der Waals surface area contributed by atoms with Crippen LogP contribution in [0.5, 0.6) is 0 Å². The summed E-state index contributed by atoms with van der Waals surface area (Å²) in [6.45, 7) is 5.77. The first-order valence-electron chi connectivity index (χ1n) is 7.91. The molecule has 0 saturated heterocycles. The van der Waals surface area contributed by atoms with Gasteiger partial charge in [-0.15, -0.1) is 0 Å². The van der Waals surface area contributed by atoms with E-state index in [2.05, 4.69) is 17.3 Å². The summed E-state index contributed by atoms with van der Waals surface area (Å²) in [6, 6.07) is 0.169. The lowest BCUT2D eigenvalue weighted by Gasteiger charge is -2.29. The fourth-order valence-corrected chi connectivity index (χ4v) is 4.21. The number of hydrogen-bond donors (Lipinski definition) is 1. The van der Waals surface area contributed by atoms with Crippen LogP contribution in [0, 0.1) is 13.8 Å². The Morgan fingerprint density at radius 1 is 1.41 bits per heavy atom. The molecule has 1 aromatic heterocycles. The summed E-state index contributed by atoms with van der Waals surface area (Å²) in [7, 11) is 1.58. The molecule has 1 amide bonds. The number of carbonyl (C=O) groups is 1. The maximum atomic E-state index is 12.6. The van der Waals surface area contributed by atoms with Crippen LogP contribution in [0.4, 0.5) is 0 Å². The molecule has 0 radical (unpaired) electrons. The molecule has 2 atom stereocenters. The van der Waals surface area contributed by atoms with E-state index in [0.29, 0.717) is 10.8 Å². The maximum absolute atomic E-state index is 12.6. The fourth-order valence-electron chi connectivity index (χ4n) is 3.04. The third kappa shape index (κ3) is 3.72. The van der Waals surface area contributed by atoms with Crippen LogP contribution in [0.1, 0.15) is 54.2 Å². The van der Waals surface area contributed by atoms with Crippen molar-refractivity contribution in [3.05, 3.63) is 27.2 Å². The van der Waals surface area contributed by atoms with Crippen molar-refractivity contribution in [2.45, 2.75) is 57.7 Å². The SMILES string of the molecule is CCS[C@@H]1CCC[C@@H](NC(=O)c2c(C)c(C)nn(C)c2=O)C1. The van der Waals surface area contributed by atoms with Gasteiger partial charge in [0.05, 0.1) is 5.69 Å². The lowest BCUT2D eigenvalue weighted by Crippen LogP contribution is -2.42. The third-order valence-corrected chi connectivity index (χ3v) is 5.55. The predicted octanol–water partition coefficient (Wildman–Crippen LogP) is 2.19. The molecular weight excluding hydrogens is 298 g/mol. The molecule has 1 aliphatic carbocycles. The molecule has 1 heterocycles. The molecule has 1 N–H and O–H groups in total. The molecule has 1 saturated carbocycles. The summed E-state index contributed by atoms with van der Waals surface area (Å²) in [6.07, 6.45) is 4.35. The number of carbonyl (C=O) groups excluding carboxylic acids is 1. The van der Waals surface area contributed by atoms with Crippen LogP contribution < -0.4 is 10.9 Å². The minimum atomic E-state index is -0.323. The van der Waals surface area contributed by atoms with Crippen molar-refractivity contribution in [2.75, 3.05) is 5.75 Å². The standard InChI is InChI=1S/C16H25N3O2S/c1-5-22-13-8-6-7-12(9-13)17-15(20)14-10(2)11(3)18-19(4)16(14)21/h12-13H,5-9H2,1-4H3,(H,17,20)/t12-,13-/m1/s1. The molecular formula is C16H25N3O2S. The lowest BCUT2D eigenvalue weighted by atomic mass is 9.94. The average Bonchev–Trinajstić information content (AvgIpc) is 2.46. The highest BCUT2D eigenvalue weighted by Gasteiger charge is 2.25. The average molecular weight is 323 g/mol. The summed E-state index contributed by atoms with van der Waals surface area (Å²) < 4.78 is 1.24. The van der Waals surface area contributed by atoms with Gasteiger partial charge in [0, 0.05) is 18.3 Å². The van der Waals surface area contributed by atoms with E-state index >= 15 is 0 Å². The van der Waals surface area contributed by atoms with E-state index in [0.717, 1.165) is 30.7 Å². The van der Waals surface area contributed by atoms with E-state index in [1.54, 1.807) is 14.0 Å². The molecule has 0 aromatic carbocycles. The second-order valence-corrected chi connectivity index (χ2v) is 7.51. The van der Waals surface area contributed by atoms with Gasteiger partial charge >= 0.3 is 0 Å². The van der Waals surface area contributed by atoms with E-state index < -0.39 is 0 Å². The highest BCUT2D eigenvalue weighted by Crippen LogP contribution is 2.28. The van der Waals surface area contributed by atoms with Gasteiger partial charge in [-0.2, -0.15) is 16.9 Å². The molecule has 5 nitrogen and oxygen atoms in total. The number of amides is 1. The summed E-state index contributed by atoms with van der Waals surface area (Å²) >= 11 is 1.96. The second kappa shape index (κ2) is 7.31. The molecule has 0 bridgehead atoms. The van der Waals surface area contributed by atoms with Crippen LogP contribution in [-0.4, -0.2) is 32.7 Å². The van der Waals surface area contributed by atoms with Gasteiger partial charge in [0.25, 0.3) is 11.5 Å². The van der Waals surface area contributed by atoms with Crippen molar-refractivity contribution in [2.24, 2.45) is 7.05 Å². The van der Waals surface area contributed by atoms with Gasteiger partial charge in [-0.25, -0.2) is 4.68 Å². The Labute approximate surface area is 135 Å². The number of aromatic nitrogens is 2. The molecule has 1 fully saturated rings. The van der Waals surface area contributed by atoms with E-state index in [9.17, 15) is 9.59 Å². The molecule has 22 heavy (non-hydrogen) atoms. The quantitative estimate of drug-likeness (QED) is 0.922. The van der Waals surface area contributed by atoms with E-state index in [-0.39, 0.29) is 23.1 Å². The number of nitrogens with one attached hydrogen (secondary N) is 1. The van der Waals surface area contributed by atoms with Gasteiger partial charge in [-0.05, 0) is 44.4 Å². The van der Waals surface area contributed by atoms with Crippen LogP contribution in [0.25, 0.3) is 0 Å². The number of nitrogens with zero attached hydrogens (tertiary/aromatic N) is 2. The zero-order valence-corrected chi connectivity index (χ0v) is 14.6. The number of hydrogen-bond acceptors (Lipinski definition) is 4. The maximum Gasteiger partial charge on any atom is 0.279 e. The number of rotatable bonds is 4. The van der Waals surface area contributed by atoms with Crippen molar-refractivity contribution < 1.29 is 4.79 Å². The second-order valence-electron chi connectivity index (χ2n) is 5.93. The Hall–Kier alpha value is -1.30. The molecule has 2 rings (SSSR count). The molecule has 0 aliphatic heterocycles. The Morgan fingerprint density at radius 3 is 2.82 bits per heavy atom. The first kappa shape index (κ1) is 17.1. The van der Waals surface area contributed by atoms with Crippen molar-refractivity contribution in [3.63, 3.8) is 0 Å². The van der Waals surface area contributed by atoms with Crippen LogP contribution >= 0.6 is 11.8 Å². The number of aryl methyl sites for hydroxylation is 2. The first-order valence-corrected chi connectivity index (χ1v) is 8.95. The van der Waals surface area contributed by atoms with Gasteiger partial charge < -0.3 is 5.32 Å². The third-order valence-electron chi connectivity index (χ3n) is 4.32. The molecule has 122 valence electrons. The van der Waals surface area contributed by atoms with Crippen LogP contribution in [0.15, 0.2) is 4.79 Å². The normalized spacial score (nSPS) is 21.6. The van der Waals surface area contributed by atoms with Gasteiger partial charge in [-0.1, -0.05) is 13.3 Å². The van der Waals surface area contributed by atoms with Gasteiger partial charge in [0.15, 0.2) is 0 Å². The monoisotopic (exact) mass is 323 g/mol. The van der Waals surface area contributed by atoms with Crippen molar-refractivity contribution >= 4 is 17.7 Å². The van der Waals surface area contributed by atoms with Crippen LogP contribution in [0.3, 0.4) is 0 Å². The van der Waals surface area contributed by atoms with Gasteiger partial charge in [0.1, 0.15) is 5.56 Å². The van der Waals surface area contributed by atoms with Crippen molar-refractivity contribution in [3.8, 4) is 0 Å². The molecule has 0 spiro atoms. The summed E-state index contributed by atoms with van der Waals surface area (Å²) in [5.74, 6) is 0.852. The number of thioether (sulfide) groups is 1. The van der Waals surface area contributed by atoms with Gasteiger partial charge in [-0.3, -0.25) is 9.59 Å². The first-order chi connectivity index (χ1) is 10.4. The van der Waals surface area contributed by atoms with E-state index in [1.807, 2.05) is 18.7 Å². The van der Waals surface area contributed by atoms with Crippen molar-refractivity contribution in [1.82, 2.24) is 15.1 Å². The topological polar surface area (TPSA) is 64.0 Å². The summed E-state index contributed by atoms with van der Waals surface area (Å²) in [5, 5.41) is 7.80. The van der Waals surface area contributed by atoms with Crippen molar-refractivity contribution in [1.29, 1.82) is 0 Å². The zero-order chi connectivity index (χ0) is 16.3. The Morgan fingerprint density at radius 2 is 2.14 bits per heavy atom. The predicted molar refractivity (Wildman–Crippen MR) is 90.6 cm³/mol. The lowest BCUT2D eigenvalue weighted by molar-refractivity contribution is 0.0925.